The zero-order valence-electron chi connectivity index (χ0n) is 11.1. The lowest BCUT2D eigenvalue weighted by molar-refractivity contribution is -0.128. The van der Waals surface area contributed by atoms with Crippen molar-refractivity contribution in [1.82, 2.24) is 5.32 Å². The van der Waals surface area contributed by atoms with E-state index in [9.17, 15) is 14.0 Å². The molecule has 20 heavy (non-hydrogen) atoms. The molecule has 0 bridgehead atoms. The van der Waals surface area contributed by atoms with Crippen LogP contribution in [-0.4, -0.2) is 23.9 Å². The number of rotatable bonds is 4. The molecule has 1 saturated carbocycles. The van der Waals surface area contributed by atoms with Crippen LogP contribution in [0, 0.1) is 5.82 Å². The average Bonchev–Trinajstić information content (AvgIpc) is 2.84. The summed E-state index contributed by atoms with van der Waals surface area (Å²) in [5, 5.41) is 5.04. The third kappa shape index (κ3) is 3.54. The maximum absolute atomic E-state index is 12.9. The van der Waals surface area contributed by atoms with Gasteiger partial charge in [0.2, 0.25) is 11.8 Å². The highest BCUT2D eigenvalue weighted by Gasteiger charge is 2.36. The van der Waals surface area contributed by atoms with Crippen LogP contribution in [-0.2, 0) is 9.59 Å². The standard InChI is InChI=1S/C14H18FN3O2/c15-10-4-3-5-11(8-10)18-12(19)9-17-13(20)14(16)6-1-2-7-14/h3-5,8H,1-2,6-7,9,16H2,(H,17,20)(H,18,19). The van der Waals surface area contributed by atoms with Crippen molar-refractivity contribution in [3.05, 3.63) is 30.1 Å². The molecular weight excluding hydrogens is 261 g/mol. The molecule has 0 saturated heterocycles. The molecule has 4 N–H and O–H groups in total. The number of nitrogens with two attached hydrogens (primary N) is 1. The Labute approximate surface area is 116 Å². The van der Waals surface area contributed by atoms with Gasteiger partial charge in [0, 0.05) is 5.69 Å². The number of hydrogen-bond donors (Lipinski definition) is 3. The van der Waals surface area contributed by atoms with E-state index in [4.69, 9.17) is 5.73 Å². The molecule has 0 atom stereocenters. The lowest BCUT2D eigenvalue weighted by atomic mass is 9.98. The molecular formula is C14H18FN3O2. The summed E-state index contributed by atoms with van der Waals surface area (Å²) in [6, 6.07) is 5.57. The highest BCUT2D eigenvalue weighted by atomic mass is 19.1. The van der Waals surface area contributed by atoms with Gasteiger partial charge in [-0.1, -0.05) is 18.9 Å². The molecule has 0 heterocycles. The van der Waals surface area contributed by atoms with Gasteiger partial charge in [0.1, 0.15) is 5.82 Å². The molecule has 2 rings (SSSR count). The molecule has 1 fully saturated rings. The molecule has 1 aliphatic rings. The molecule has 0 aromatic heterocycles. The van der Waals surface area contributed by atoms with Crippen LogP contribution in [0.3, 0.4) is 0 Å². The van der Waals surface area contributed by atoms with Crippen molar-refractivity contribution in [2.45, 2.75) is 31.2 Å². The van der Waals surface area contributed by atoms with Gasteiger partial charge in [-0.15, -0.1) is 0 Å². The van der Waals surface area contributed by atoms with E-state index < -0.39 is 17.3 Å². The van der Waals surface area contributed by atoms with Crippen LogP contribution < -0.4 is 16.4 Å². The highest BCUT2D eigenvalue weighted by molar-refractivity contribution is 5.96. The monoisotopic (exact) mass is 279 g/mol. The second-order valence-corrected chi connectivity index (χ2v) is 5.10. The molecule has 108 valence electrons. The highest BCUT2D eigenvalue weighted by Crippen LogP contribution is 2.27. The van der Waals surface area contributed by atoms with Gasteiger partial charge in [-0.25, -0.2) is 4.39 Å². The van der Waals surface area contributed by atoms with Gasteiger partial charge >= 0.3 is 0 Å². The van der Waals surface area contributed by atoms with Crippen LogP contribution in [0.1, 0.15) is 25.7 Å². The Balaban J connectivity index is 1.82. The van der Waals surface area contributed by atoms with Gasteiger partial charge in [-0.3, -0.25) is 9.59 Å². The SMILES string of the molecule is NC1(C(=O)NCC(=O)Nc2cccc(F)c2)CCCC1. The van der Waals surface area contributed by atoms with Gasteiger partial charge in [0.25, 0.3) is 0 Å². The number of amides is 2. The number of carbonyl (C=O) groups is 2. The smallest absolute Gasteiger partial charge is 0.243 e. The molecule has 1 aromatic rings. The molecule has 1 aromatic carbocycles. The number of hydrogen-bond acceptors (Lipinski definition) is 3. The number of benzene rings is 1. The summed E-state index contributed by atoms with van der Waals surface area (Å²) >= 11 is 0. The summed E-state index contributed by atoms with van der Waals surface area (Å²) in [4.78, 5) is 23.6. The fourth-order valence-electron chi connectivity index (χ4n) is 2.34. The number of nitrogens with one attached hydrogen (secondary N) is 2. The molecule has 2 amide bonds. The van der Waals surface area contributed by atoms with E-state index in [1.54, 1.807) is 6.07 Å². The number of anilines is 1. The number of carbonyl (C=O) groups excluding carboxylic acids is 2. The zero-order chi connectivity index (χ0) is 14.6. The van der Waals surface area contributed by atoms with E-state index in [1.807, 2.05) is 0 Å². The minimum absolute atomic E-state index is 0.172. The van der Waals surface area contributed by atoms with Crippen molar-refractivity contribution in [1.29, 1.82) is 0 Å². The topological polar surface area (TPSA) is 84.2 Å². The lowest BCUT2D eigenvalue weighted by Gasteiger charge is -2.21. The van der Waals surface area contributed by atoms with Crippen LogP contribution in [0.4, 0.5) is 10.1 Å². The Kier molecular flexibility index (Phi) is 4.34. The summed E-state index contributed by atoms with van der Waals surface area (Å²) in [5.74, 6) is -1.14. The van der Waals surface area contributed by atoms with Crippen molar-refractivity contribution in [2.75, 3.05) is 11.9 Å². The third-order valence-corrected chi connectivity index (χ3v) is 3.47. The minimum atomic E-state index is -0.848. The van der Waals surface area contributed by atoms with Crippen molar-refractivity contribution in [3.8, 4) is 0 Å². The van der Waals surface area contributed by atoms with E-state index in [1.165, 1.54) is 18.2 Å². The molecule has 0 aliphatic heterocycles. The quantitative estimate of drug-likeness (QED) is 0.773. The van der Waals surface area contributed by atoms with Gasteiger partial charge in [0.15, 0.2) is 0 Å². The van der Waals surface area contributed by atoms with Crippen molar-refractivity contribution in [2.24, 2.45) is 5.73 Å². The maximum Gasteiger partial charge on any atom is 0.243 e. The summed E-state index contributed by atoms with van der Waals surface area (Å²) in [5.41, 5.74) is 5.47. The fourth-order valence-corrected chi connectivity index (χ4v) is 2.34. The van der Waals surface area contributed by atoms with Crippen LogP contribution in [0.15, 0.2) is 24.3 Å². The Bertz CT molecular complexity index is 513. The summed E-state index contributed by atoms with van der Waals surface area (Å²) in [6.07, 6.45) is 3.15. The molecule has 6 heteroatoms. The van der Waals surface area contributed by atoms with Crippen LogP contribution in [0.5, 0.6) is 0 Å². The maximum atomic E-state index is 12.9. The van der Waals surface area contributed by atoms with E-state index in [2.05, 4.69) is 10.6 Å². The predicted octanol–water partition coefficient (Wildman–Crippen LogP) is 1.15. The summed E-state index contributed by atoms with van der Waals surface area (Å²) in [6.45, 7) is -0.172. The molecule has 0 spiro atoms. The summed E-state index contributed by atoms with van der Waals surface area (Å²) < 4.78 is 12.9. The average molecular weight is 279 g/mol. The van der Waals surface area contributed by atoms with Crippen molar-refractivity contribution >= 4 is 17.5 Å². The van der Waals surface area contributed by atoms with Crippen LogP contribution in [0.2, 0.25) is 0 Å². The Morgan fingerprint density at radius 1 is 1.30 bits per heavy atom. The largest absolute Gasteiger partial charge is 0.345 e. The minimum Gasteiger partial charge on any atom is -0.345 e. The van der Waals surface area contributed by atoms with Gasteiger partial charge in [-0.05, 0) is 31.0 Å². The van der Waals surface area contributed by atoms with E-state index in [0.717, 1.165) is 12.8 Å². The first-order valence-corrected chi connectivity index (χ1v) is 6.62. The van der Waals surface area contributed by atoms with Gasteiger partial charge < -0.3 is 16.4 Å². The zero-order valence-corrected chi connectivity index (χ0v) is 11.1. The summed E-state index contributed by atoms with van der Waals surface area (Å²) in [7, 11) is 0. The first-order chi connectivity index (χ1) is 9.49. The fraction of sp³-hybridized carbons (Fsp3) is 0.429. The Hall–Kier alpha value is -1.95. The first-order valence-electron chi connectivity index (χ1n) is 6.62. The van der Waals surface area contributed by atoms with E-state index in [-0.39, 0.29) is 12.5 Å². The predicted molar refractivity (Wildman–Crippen MR) is 73.4 cm³/mol. The second kappa shape index (κ2) is 6.00. The van der Waals surface area contributed by atoms with E-state index >= 15 is 0 Å². The third-order valence-electron chi connectivity index (χ3n) is 3.47. The van der Waals surface area contributed by atoms with Crippen LogP contribution in [0.25, 0.3) is 0 Å². The molecule has 1 aliphatic carbocycles. The van der Waals surface area contributed by atoms with Crippen molar-refractivity contribution in [3.63, 3.8) is 0 Å². The second-order valence-electron chi connectivity index (χ2n) is 5.10. The van der Waals surface area contributed by atoms with E-state index in [0.29, 0.717) is 18.5 Å². The molecule has 0 unspecified atom stereocenters. The normalized spacial score (nSPS) is 16.7. The Morgan fingerprint density at radius 3 is 2.65 bits per heavy atom. The van der Waals surface area contributed by atoms with Gasteiger partial charge in [-0.2, -0.15) is 0 Å². The first kappa shape index (κ1) is 14.5. The molecule has 0 radical (unpaired) electrons. The van der Waals surface area contributed by atoms with Gasteiger partial charge in [0.05, 0.1) is 12.1 Å². The number of halogens is 1. The van der Waals surface area contributed by atoms with Crippen molar-refractivity contribution < 1.29 is 14.0 Å². The molecule has 5 nitrogen and oxygen atoms in total. The lowest BCUT2D eigenvalue weighted by Crippen LogP contribution is -2.53. The van der Waals surface area contributed by atoms with Crippen LogP contribution >= 0.6 is 0 Å². The Morgan fingerprint density at radius 2 is 2.00 bits per heavy atom.